The Balaban J connectivity index is 2.10. The molecule has 3 nitrogen and oxygen atoms in total. The summed E-state index contributed by atoms with van der Waals surface area (Å²) >= 11 is 6.25. The van der Waals surface area contributed by atoms with Crippen molar-refractivity contribution < 1.29 is 4.74 Å². The van der Waals surface area contributed by atoms with Gasteiger partial charge in [-0.3, -0.25) is 0 Å². The number of aromatic nitrogens is 2. The molecule has 0 fully saturated rings. The number of fused-ring (bicyclic) bond motifs is 1. The van der Waals surface area contributed by atoms with Gasteiger partial charge >= 0.3 is 115 Å². The Hall–Kier alpha value is -1.35. The molecule has 0 saturated heterocycles. The molecule has 0 saturated carbocycles. The van der Waals surface area contributed by atoms with Crippen LogP contribution in [-0.2, 0) is 0 Å². The average molecular weight is 324 g/mol. The summed E-state index contributed by atoms with van der Waals surface area (Å²) in [5.74, 6) is 0.861. The predicted octanol–water partition coefficient (Wildman–Crippen LogP) is 3.02. The van der Waals surface area contributed by atoms with Gasteiger partial charge < -0.3 is 0 Å². The molecular formula is C13H9ClN2OSe. The van der Waals surface area contributed by atoms with Crippen molar-refractivity contribution in [2.45, 2.75) is 0 Å². The van der Waals surface area contributed by atoms with E-state index in [2.05, 4.69) is 28.2 Å². The summed E-state index contributed by atoms with van der Waals surface area (Å²) in [5, 5.41) is 0.569. The second-order valence-corrected chi connectivity index (χ2v) is 6.28. The zero-order valence-electron chi connectivity index (χ0n) is 9.55. The molecule has 18 heavy (non-hydrogen) atoms. The first-order valence-corrected chi connectivity index (χ1v) is 7.41. The predicted molar refractivity (Wildman–Crippen MR) is 73.5 cm³/mol. The van der Waals surface area contributed by atoms with E-state index in [4.69, 9.17) is 16.3 Å². The monoisotopic (exact) mass is 324 g/mol. The molecule has 0 unspecified atom stereocenters. The fourth-order valence-electron chi connectivity index (χ4n) is 1.72. The third-order valence-electron chi connectivity index (χ3n) is 2.64. The molecule has 0 spiro atoms. The van der Waals surface area contributed by atoms with Gasteiger partial charge in [-0.2, -0.15) is 0 Å². The van der Waals surface area contributed by atoms with Gasteiger partial charge in [-0.15, -0.1) is 0 Å². The molecule has 0 radical (unpaired) electrons. The molecule has 0 aliphatic heterocycles. The number of nitrogens with zero attached hydrogens (tertiary/aromatic N) is 2. The summed E-state index contributed by atoms with van der Waals surface area (Å²) in [6.45, 7) is 0. The molecule has 0 atom stereocenters. The fraction of sp³-hybridized carbons (Fsp3) is 0.0769. The second kappa shape index (κ2) is 4.73. The molecule has 0 aliphatic rings. The second-order valence-electron chi connectivity index (χ2n) is 3.72. The van der Waals surface area contributed by atoms with Gasteiger partial charge in [0.25, 0.3) is 0 Å². The molecule has 2 heterocycles. The van der Waals surface area contributed by atoms with E-state index in [1.165, 1.54) is 16.3 Å². The van der Waals surface area contributed by atoms with Crippen LogP contribution in [0, 0.1) is 0 Å². The molecule has 3 aromatic rings. The number of halogens is 1. The SMILES string of the molecule is COc1ccc(-c2cc3ncnc(Cl)c3[se]2)cc1. The number of hydrogen-bond donors (Lipinski definition) is 0. The van der Waals surface area contributed by atoms with E-state index in [1.54, 1.807) is 7.11 Å². The summed E-state index contributed by atoms with van der Waals surface area (Å²) in [6.07, 6.45) is 1.50. The van der Waals surface area contributed by atoms with Crippen LogP contribution in [-0.4, -0.2) is 31.6 Å². The van der Waals surface area contributed by atoms with E-state index < -0.39 is 0 Å². The van der Waals surface area contributed by atoms with Crippen molar-refractivity contribution in [3.63, 3.8) is 0 Å². The third-order valence-corrected chi connectivity index (χ3v) is 5.66. The normalized spacial score (nSPS) is 10.8. The molecule has 0 N–H and O–H groups in total. The topological polar surface area (TPSA) is 35.0 Å². The Morgan fingerprint density at radius 3 is 2.61 bits per heavy atom. The van der Waals surface area contributed by atoms with Crippen molar-refractivity contribution in [3.8, 4) is 15.8 Å². The number of benzene rings is 1. The minimum atomic E-state index is 0.169. The molecule has 0 bridgehead atoms. The first-order chi connectivity index (χ1) is 8.78. The fourth-order valence-corrected chi connectivity index (χ4v) is 4.16. The third kappa shape index (κ3) is 2.03. The van der Waals surface area contributed by atoms with Gasteiger partial charge in [0.15, 0.2) is 0 Å². The van der Waals surface area contributed by atoms with Gasteiger partial charge in [0.05, 0.1) is 0 Å². The summed E-state index contributed by atoms with van der Waals surface area (Å²) in [6, 6.07) is 10.1. The Kier molecular flexibility index (Phi) is 3.08. The molecule has 1 aromatic carbocycles. The summed E-state index contributed by atoms with van der Waals surface area (Å²) in [7, 11) is 1.67. The van der Waals surface area contributed by atoms with Crippen LogP contribution in [0.4, 0.5) is 0 Å². The number of methoxy groups -OCH3 is 1. The van der Waals surface area contributed by atoms with Gasteiger partial charge in [0.1, 0.15) is 0 Å². The van der Waals surface area contributed by atoms with Crippen LogP contribution < -0.4 is 4.74 Å². The molecule has 3 rings (SSSR count). The Bertz CT molecular complexity index is 694. The van der Waals surface area contributed by atoms with Crippen molar-refractivity contribution in [3.05, 3.63) is 41.8 Å². The van der Waals surface area contributed by atoms with Gasteiger partial charge in [-0.05, 0) is 0 Å². The van der Waals surface area contributed by atoms with Crippen LogP contribution in [0.3, 0.4) is 0 Å². The van der Waals surface area contributed by atoms with Gasteiger partial charge in [-0.1, -0.05) is 0 Å². The molecule has 0 amide bonds. The average Bonchev–Trinajstić information content (AvgIpc) is 2.84. The van der Waals surface area contributed by atoms with Crippen LogP contribution in [0.25, 0.3) is 19.8 Å². The summed E-state index contributed by atoms with van der Waals surface area (Å²) in [4.78, 5) is 8.27. The van der Waals surface area contributed by atoms with E-state index >= 15 is 0 Å². The van der Waals surface area contributed by atoms with Crippen LogP contribution in [0.15, 0.2) is 36.7 Å². The van der Waals surface area contributed by atoms with Crippen molar-refractivity contribution in [1.29, 1.82) is 0 Å². The standard InChI is InChI=1S/C13H9ClN2OSe/c1-17-9-4-2-8(3-5-9)11-6-10-12(18-11)13(14)16-7-15-10/h2-7H,1H3. The van der Waals surface area contributed by atoms with Crippen LogP contribution in [0.2, 0.25) is 5.15 Å². The van der Waals surface area contributed by atoms with Crippen molar-refractivity contribution in [1.82, 2.24) is 9.97 Å². The Morgan fingerprint density at radius 2 is 1.94 bits per heavy atom. The quantitative estimate of drug-likeness (QED) is 0.537. The van der Waals surface area contributed by atoms with E-state index in [1.807, 2.05) is 12.1 Å². The number of hydrogen-bond acceptors (Lipinski definition) is 3. The molecule has 90 valence electrons. The maximum atomic E-state index is 6.08. The van der Waals surface area contributed by atoms with Crippen molar-refractivity contribution in [2.75, 3.05) is 7.11 Å². The van der Waals surface area contributed by atoms with E-state index in [0.29, 0.717) is 5.15 Å². The van der Waals surface area contributed by atoms with Crippen molar-refractivity contribution in [2.24, 2.45) is 0 Å². The zero-order chi connectivity index (χ0) is 12.5. The van der Waals surface area contributed by atoms with Gasteiger partial charge in [0.2, 0.25) is 0 Å². The summed E-state index contributed by atoms with van der Waals surface area (Å²) < 4.78 is 7.49. The van der Waals surface area contributed by atoms with Gasteiger partial charge in [0, 0.05) is 0 Å². The van der Waals surface area contributed by atoms with Crippen LogP contribution >= 0.6 is 11.6 Å². The summed E-state index contributed by atoms with van der Waals surface area (Å²) in [5.41, 5.74) is 2.13. The first kappa shape index (κ1) is 11.7. The van der Waals surface area contributed by atoms with Crippen molar-refractivity contribution >= 4 is 35.9 Å². The van der Waals surface area contributed by atoms with Crippen LogP contribution in [0.1, 0.15) is 0 Å². The van der Waals surface area contributed by atoms with Crippen LogP contribution in [0.5, 0.6) is 5.75 Å². The van der Waals surface area contributed by atoms with Gasteiger partial charge in [-0.25, -0.2) is 0 Å². The van der Waals surface area contributed by atoms with E-state index in [-0.39, 0.29) is 14.5 Å². The van der Waals surface area contributed by atoms with E-state index in [9.17, 15) is 0 Å². The Morgan fingerprint density at radius 1 is 1.17 bits per heavy atom. The Labute approximate surface area is 115 Å². The minimum absolute atomic E-state index is 0.169. The van der Waals surface area contributed by atoms with E-state index in [0.717, 1.165) is 15.5 Å². The number of rotatable bonds is 2. The zero-order valence-corrected chi connectivity index (χ0v) is 12.0. The molecular weight excluding hydrogens is 315 g/mol. The first-order valence-electron chi connectivity index (χ1n) is 5.32. The molecule has 5 heteroatoms. The molecule has 2 aromatic heterocycles. The number of ether oxygens (including phenoxy) is 1. The maximum absolute atomic E-state index is 6.08. The molecule has 0 aliphatic carbocycles.